The minimum absolute atomic E-state index is 0.0101. The van der Waals surface area contributed by atoms with Crippen molar-refractivity contribution in [3.63, 3.8) is 0 Å². The number of anilines is 2. The lowest BCUT2D eigenvalue weighted by molar-refractivity contribution is -0.114. The third-order valence-electron chi connectivity index (χ3n) is 3.57. The summed E-state index contributed by atoms with van der Waals surface area (Å²) in [6, 6.07) is 7.39. The number of amides is 1. The zero-order valence-electron chi connectivity index (χ0n) is 15.7. The topological polar surface area (TPSA) is 102 Å². The molecule has 0 aliphatic rings. The lowest BCUT2D eigenvalue weighted by Crippen LogP contribution is -2.15. The molecular formula is C18H22N2O5S2. The molecule has 0 atom stereocenters. The Morgan fingerprint density at radius 3 is 2.19 bits per heavy atom. The number of hydrogen-bond acceptors (Lipinski definition) is 6. The molecule has 0 bridgehead atoms. The van der Waals surface area contributed by atoms with Crippen molar-refractivity contribution in [1.29, 1.82) is 0 Å². The Labute approximate surface area is 162 Å². The van der Waals surface area contributed by atoms with Gasteiger partial charge in [0, 0.05) is 17.5 Å². The van der Waals surface area contributed by atoms with Gasteiger partial charge in [0.25, 0.3) is 10.0 Å². The van der Waals surface area contributed by atoms with Crippen LogP contribution in [-0.2, 0) is 25.0 Å². The van der Waals surface area contributed by atoms with E-state index in [9.17, 15) is 18.0 Å². The number of esters is 1. The lowest BCUT2D eigenvalue weighted by Gasteiger charge is -2.15. The number of thiophene rings is 1. The first-order chi connectivity index (χ1) is 12.4. The number of carbonyl (C=O) groups is 2. The van der Waals surface area contributed by atoms with Crippen molar-refractivity contribution in [3.8, 4) is 0 Å². The molecule has 1 amide bonds. The molecule has 0 radical (unpaired) electrons. The predicted octanol–water partition coefficient (Wildman–Crippen LogP) is 3.59. The molecule has 1 aromatic carbocycles. The Kier molecular flexibility index (Phi) is 5.96. The molecular weight excluding hydrogens is 388 g/mol. The normalized spacial score (nSPS) is 11.7. The summed E-state index contributed by atoms with van der Waals surface area (Å²) in [5.41, 5.74) is 0.418. The van der Waals surface area contributed by atoms with Crippen LogP contribution in [0.3, 0.4) is 0 Å². The second-order valence-corrected chi connectivity index (χ2v) is 9.64. The summed E-state index contributed by atoms with van der Waals surface area (Å²) in [5.74, 6) is -0.853. The molecule has 0 fully saturated rings. The maximum atomic E-state index is 12.7. The number of carbonyl (C=O) groups excluding carboxylic acids is 2. The summed E-state index contributed by atoms with van der Waals surface area (Å²) in [6.45, 7) is 7.28. The molecule has 2 aromatic rings. The Hall–Kier alpha value is -2.39. The molecule has 0 saturated carbocycles. The van der Waals surface area contributed by atoms with Gasteiger partial charge in [-0.15, -0.1) is 11.3 Å². The first-order valence-corrected chi connectivity index (χ1v) is 10.4. The van der Waals surface area contributed by atoms with Crippen LogP contribution in [0.15, 0.2) is 35.2 Å². The van der Waals surface area contributed by atoms with Crippen molar-refractivity contribution in [2.45, 2.75) is 38.0 Å². The number of methoxy groups -OCH3 is 1. The van der Waals surface area contributed by atoms with Gasteiger partial charge < -0.3 is 10.1 Å². The van der Waals surface area contributed by atoms with E-state index in [1.54, 1.807) is 6.07 Å². The average Bonchev–Trinajstić information content (AvgIpc) is 2.97. The van der Waals surface area contributed by atoms with E-state index in [-0.39, 0.29) is 26.8 Å². The number of sulfonamides is 1. The van der Waals surface area contributed by atoms with E-state index in [2.05, 4.69) is 10.0 Å². The summed E-state index contributed by atoms with van der Waals surface area (Å²) in [4.78, 5) is 24.2. The third kappa shape index (κ3) is 5.08. The molecule has 146 valence electrons. The van der Waals surface area contributed by atoms with Gasteiger partial charge in [0.15, 0.2) is 0 Å². The van der Waals surface area contributed by atoms with Gasteiger partial charge in [0.05, 0.1) is 17.7 Å². The van der Waals surface area contributed by atoms with Gasteiger partial charge in [0.2, 0.25) is 5.91 Å². The standard InChI is InChI=1S/C18H22N2O5S2/c1-11(21)19-12-6-8-13(9-7-12)27(23,24)20-14-10-15(18(2,3)4)26-16(14)17(22)25-5/h6-10,20H,1-5H3,(H,19,21). The highest BCUT2D eigenvalue weighted by Gasteiger charge is 2.26. The van der Waals surface area contributed by atoms with Crippen LogP contribution in [-0.4, -0.2) is 27.4 Å². The van der Waals surface area contributed by atoms with Crippen LogP contribution in [0.4, 0.5) is 11.4 Å². The van der Waals surface area contributed by atoms with Crippen LogP contribution < -0.4 is 10.0 Å². The highest BCUT2D eigenvalue weighted by atomic mass is 32.2. The molecule has 0 spiro atoms. The van der Waals surface area contributed by atoms with E-state index in [1.165, 1.54) is 49.6 Å². The fraction of sp³-hybridized carbons (Fsp3) is 0.333. The summed E-state index contributed by atoms with van der Waals surface area (Å²) in [5, 5.41) is 2.57. The van der Waals surface area contributed by atoms with Crippen molar-refractivity contribution >= 4 is 44.6 Å². The quantitative estimate of drug-likeness (QED) is 0.734. The van der Waals surface area contributed by atoms with E-state index in [4.69, 9.17) is 4.74 Å². The van der Waals surface area contributed by atoms with Crippen LogP contribution in [0.2, 0.25) is 0 Å². The Bertz CT molecular complexity index is 955. The Balaban J connectivity index is 2.38. The molecule has 0 aliphatic carbocycles. The van der Waals surface area contributed by atoms with Gasteiger partial charge in [0.1, 0.15) is 4.88 Å². The maximum absolute atomic E-state index is 12.7. The minimum Gasteiger partial charge on any atom is -0.465 e. The molecule has 9 heteroatoms. The van der Waals surface area contributed by atoms with Crippen molar-refractivity contribution < 1.29 is 22.7 Å². The van der Waals surface area contributed by atoms with Gasteiger partial charge >= 0.3 is 5.97 Å². The molecule has 0 saturated heterocycles. The summed E-state index contributed by atoms with van der Waals surface area (Å²) in [7, 11) is -2.67. The lowest BCUT2D eigenvalue weighted by atomic mass is 9.95. The maximum Gasteiger partial charge on any atom is 0.350 e. The smallest absolute Gasteiger partial charge is 0.350 e. The zero-order chi connectivity index (χ0) is 20.4. The number of hydrogen-bond donors (Lipinski definition) is 2. The van der Waals surface area contributed by atoms with Crippen LogP contribution >= 0.6 is 11.3 Å². The van der Waals surface area contributed by atoms with Gasteiger partial charge in [-0.05, 0) is 35.7 Å². The summed E-state index contributed by atoms with van der Waals surface area (Å²) >= 11 is 1.20. The monoisotopic (exact) mass is 410 g/mol. The van der Waals surface area contributed by atoms with Crippen LogP contribution in [0, 0.1) is 0 Å². The van der Waals surface area contributed by atoms with Crippen LogP contribution in [0.5, 0.6) is 0 Å². The number of ether oxygens (including phenoxy) is 1. The van der Waals surface area contributed by atoms with Gasteiger partial charge in [-0.2, -0.15) is 0 Å². The van der Waals surface area contributed by atoms with Crippen molar-refractivity contribution in [3.05, 3.63) is 40.1 Å². The van der Waals surface area contributed by atoms with Crippen molar-refractivity contribution in [1.82, 2.24) is 0 Å². The van der Waals surface area contributed by atoms with E-state index < -0.39 is 16.0 Å². The molecule has 2 N–H and O–H groups in total. The average molecular weight is 411 g/mol. The number of benzene rings is 1. The van der Waals surface area contributed by atoms with E-state index in [1.807, 2.05) is 20.8 Å². The first-order valence-electron chi connectivity index (χ1n) is 8.07. The Morgan fingerprint density at radius 1 is 1.11 bits per heavy atom. The molecule has 2 rings (SSSR count). The third-order valence-corrected chi connectivity index (χ3v) is 6.49. The fourth-order valence-corrected chi connectivity index (χ4v) is 4.42. The van der Waals surface area contributed by atoms with Crippen molar-refractivity contribution in [2.75, 3.05) is 17.1 Å². The zero-order valence-corrected chi connectivity index (χ0v) is 17.4. The van der Waals surface area contributed by atoms with E-state index in [0.29, 0.717) is 5.69 Å². The highest BCUT2D eigenvalue weighted by Crippen LogP contribution is 2.36. The minimum atomic E-state index is -3.92. The predicted molar refractivity (Wildman–Crippen MR) is 106 cm³/mol. The molecule has 7 nitrogen and oxygen atoms in total. The van der Waals surface area contributed by atoms with Gasteiger partial charge in [-0.3, -0.25) is 9.52 Å². The number of nitrogens with one attached hydrogen (secondary N) is 2. The van der Waals surface area contributed by atoms with Gasteiger partial charge in [-0.1, -0.05) is 20.8 Å². The molecule has 1 heterocycles. The second kappa shape index (κ2) is 7.69. The highest BCUT2D eigenvalue weighted by molar-refractivity contribution is 7.92. The fourth-order valence-electron chi connectivity index (χ4n) is 2.21. The molecule has 0 unspecified atom stereocenters. The number of rotatable bonds is 5. The van der Waals surface area contributed by atoms with Crippen LogP contribution in [0.1, 0.15) is 42.2 Å². The van der Waals surface area contributed by atoms with E-state index >= 15 is 0 Å². The Morgan fingerprint density at radius 2 is 1.70 bits per heavy atom. The first kappa shape index (κ1) is 20.9. The van der Waals surface area contributed by atoms with E-state index in [0.717, 1.165) is 4.88 Å². The largest absolute Gasteiger partial charge is 0.465 e. The second-order valence-electron chi connectivity index (χ2n) is 6.91. The summed E-state index contributed by atoms with van der Waals surface area (Å²) in [6.07, 6.45) is 0. The SMILES string of the molecule is COC(=O)c1sc(C(C)(C)C)cc1NS(=O)(=O)c1ccc(NC(C)=O)cc1. The van der Waals surface area contributed by atoms with Crippen LogP contribution in [0.25, 0.3) is 0 Å². The molecule has 0 aliphatic heterocycles. The van der Waals surface area contributed by atoms with Gasteiger partial charge in [-0.25, -0.2) is 13.2 Å². The molecule has 1 aromatic heterocycles. The summed E-state index contributed by atoms with van der Waals surface area (Å²) < 4.78 is 32.7. The van der Waals surface area contributed by atoms with Crippen molar-refractivity contribution in [2.24, 2.45) is 0 Å². The molecule has 27 heavy (non-hydrogen) atoms.